The summed E-state index contributed by atoms with van der Waals surface area (Å²) in [5.41, 5.74) is 0.292. The normalized spacial score (nSPS) is 12.7. The van der Waals surface area contributed by atoms with Crippen LogP contribution in [0, 0.1) is 0 Å². The van der Waals surface area contributed by atoms with Gasteiger partial charge in [-0.05, 0) is 48.4 Å². The van der Waals surface area contributed by atoms with Crippen LogP contribution in [0.3, 0.4) is 0 Å². The molecule has 1 amide bonds. The Labute approximate surface area is 234 Å². The second kappa shape index (κ2) is 10.7. The van der Waals surface area contributed by atoms with E-state index < -0.39 is 27.6 Å². The highest BCUT2D eigenvalue weighted by Crippen LogP contribution is 2.34. The van der Waals surface area contributed by atoms with E-state index in [1.165, 1.54) is 24.3 Å². The molecule has 4 aromatic carbocycles. The minimum Gasteiger partial charge on any atom is -0.378 e. The van der Waals surface area contributed by atoms with E-state index in [1.807, 2.05) is 36.4 Å². The van der Waals surface area contributed by atoms with Gasteiger partial charge in [-0.1, -0.05) is 78.3 Å². The van der Waals surface area contributed by atoms with Gasteiger partial charge in [0, 0.05) is 5.02 Å². The van der Waals surface area contributed by atoms with Gasteiger partial charge in [0.25, 0.3) is 15.9 Å². The summed E-state index contributed by atoms with van der Waals surface area (Å²) in [7, 11) is -4.16. The summed E-state index contributed by atoms with van der Waals surface area (Å²) in [4.78, 5) is 13.5. The molecule has 0 saturated heterocycles. The van der Waals surface area contributed by atoms with Gasteiger partial charge in [-0.15, -0.1) is 0 Å². The van der Waals surface area contributed by atoms with Crippen molar-refractivity contribution in [2.45, 2.75) is 23.5 Å². The maximum absolute atomic E-state index is 13.6. The van der Waals surface area contributed by atoms with Crippen LogP contribution in [-0.2, 0) is 15.6 Å². The summed E-state index contributed by atoms with van der Waals surface area (Å²) in [6, 6.07) is 26.2. The van der Waals surface area contributed by atoms with Gasteiger partial charge < -0.3 is 10.4 Å². The third-order valence-electron chi connectivity index (χ3n) is 6.41. The molecule has 0 aliphatic rings. The molecule has 0 spiro atoms. The molecule has 1 aromatic heterocycles. The highest BCUT2D eigenvalue weighted by molar-refractivity contribution is 7.93. The topological polar surface area (TPSA) is 121 Å². The van der Waals surface area contributed by atoms with Crippen LogP contribution in [0.2, 0.25) is 5.02 Å². The molecule has 39 heavy (non-hydrogen) atoms. The number of rotatable bonds is 8. The monoisotopic (exact) mass is 578 g/mol. The van der Waals surface area contributed by atoms with Crippen LogP contribution in [0.1, 0.15) is 28.4 Å². The second-order valence-electron chi connectivity index (χ2n) is 8.88. The van der Waals surface area contributed by atoms with Crippen LogP contribution in [0.5, 0.6) is 0 Å². The first-order chi connectivity index (χ1) is 18.7. The lowest BCUT2D eigenvalue weighted by Crippen LogP contribution is -2.49. The smallest absolute Gasteiger partial charge is 0.264 e. The summed E-state index contributed by atoms with van der Waals surface area (Å²) in [5.74, 6) is -0.601. The summed E-state index contributed by atoms with van der Waals surface area (Å²) < 4.78 is 37.4. The Morgan fingerprint density at radius 1 is 0.923 bits per heavy atom. The van der Waals surface area contributed by atoms with Crippen molar-refractivity contribution >= 4 is 56.0 Å². The zero-order chi connectivity index (χ0) is 27.6. The van der Waals surface area contributed by atoms with Gasteiger partial charge in [-0.3, -0.25) is 9.52 Å². The number of fused-ring (bicyclic) bond motifs is 1. The van der Waals surface area contributed by atoms with E-state index in [9.17, 15) is 18.3 Å². The molecule has 1 heterocycles. The largest absolute Gasteiger partial charge is 0.378 e. The summed E-state index contributed by atoms with van der Waals surface area (Å²) in [6.07, 6.45) is 0. The van der Waals surface area contributed by atoms with Gasteiger partial charge in [-0.2, -0.15) is 8.75 Å². The summed E-state index contributed by atoms with van der Waals surface area (Å²) in [5, 5.41) is 15.1. The van der Waals surface area contributed by atoms with Crippen LogP contribution in [0.15, 0.2) is 102 Å². The fourth-order valence-corrected chi connectivity index (χ4v) is 6.44. The SMILES string of the molecule is C[C@H](NC(=O)c1ccc(Cl)cc1NS(=O)(=O)c1cccc2nsnc12)C(O)(c1ccccc1)c1ccccc1. The fourth-order valence-electron chi connectivity index (χ4n) is 4.43. The lowest BCUT2D eigenvalue weighted by Gasteiger charge is -2.36. The van der Waals surface area contributed by atoms with E-state index in [-0.39, 0.29) is 26.7 Å². The quantitative estimate of drug-likeness (QED) is 0.233. The van der Waals surface area contributed by atoms with Crippen molar-refractivity contribution in [3.05, 3.63) is 119 Å². The van der Waals surface area contributed by atoms with Gasteiger partial charge in [0.1, 0.15) is 21.5 Å². The third-order valence-corrected chi connectivity index (χ3v) is 8.59. The van der Waals surface area contributed by atoms with E-state index in [0.717, 1.165) is 11.7 Å². The zero-order valence-corrected chi connectivity index (χ0v) is 23.0. The van der Waals surface area contributed by atoms with Crippen LogP contribution in [0.4, 0.5) is 5.69 Å². The number of aliphatic hydroxyl groups is 1. The van der Waals surface area contributed by atoms with Gasteiger partial charge in [0.15, 0.2) is 0 Å². The molecular formula is C28H23ClN4O4S2. The molecule has 5 aromatic rings. The Kier molecular flexibility index (Phi) is 7.37. The number of carbonyl (C=O) groups excluding carboxylic acids is 1. The van der Waals surface area contributed by atoms with Crippen LogP contribution < -0.4 is 10.0 Å². The summed E-state index contributed by atoms with van der Waals surface area (Å²) in [6.45, 7) is 1.69. The average Bonchev–Trinajstić information content (AvgIpc) is 3.42. The average molecular weight is 579 g/mol. The number of nitrogens with zero attached hydrogens (tertiary/aromatic N) is 2. The molecule has 0 unspecified atom stereocenters. The number of amides is 1. The van der Waals surface area contributed by atoms with Gasteiger partial charge >= 0.3 is 0 Å². The first-order valence-electron chi connectivity index (χ1n) is 11.9. The Hall–Kier alpha value is -3.83. The van der Waals surface area contributed by atoms with Crippen molar-refractivity contribution < 1.29 is 18.3 Å². The second-order valence-corrected chi connectivity index (χ2v) is 11.5. The minimum absolute atomic E-state index is 0.0182. The van der Waals surface area contributed by atoms with Crippen LogP contribution in [-0.4, -0.2) is 34.2 Å². The number of hydrogen-bond acceptors (Lipinski definition) is 7. The molecule has 0 bridgehead atoms. The Bertz CT molecular complexity index is 1710. The van der Waals surface area contributed by atoms with Gasteiger partial charge in [-0.25, -0.2) is 8.42 Å². The fraction of sp³-hybridized carbons (Fsp3) is 0.107. The Morgan fingerprint density at radius 2 is 1.56 bits per heavy atom. The van der Waals surface area contributed by atoms with E-state index >= 15 is 0 Å². The lowest BCUT2D eigenvalue weighted by atomic mass is 9.80. The van der Waals surface area contributed by atoms with E-state index in [0.29, 0.717) is 16.6 Å². The Morgan fingerprint density at radius 3 is 2.21 bits per heavy atom. The van der Waals surface area contributed by atoms with Crippen LogP contribution >= 0.6 is 23.3 Å². The van der Waals surface area contributed by atoms with Crippen molar-refractivity contribution in [2.24, 2.45) is 0 Å². The van der Waals surface area contributed by atoms with Crippen LogP contribution in [0.25, 0.3) is 11.0 Å². The molecule has 198 valence electrons. The molecule has 8 nitrogen and oxygen atoms in total. The highest BCUT2D eigenvalue weighted by Gasteiger charge is 2.39. The van der Waals surface area contributed by atoms with Gasteiger partial charge in [0.05, 0.1) is 29.0 Å². The molecule has 1 atom stereocenters. The number of hydrogen-bond donors (Lipinski definition) is 3. The number of carbonyl (C=O) groups is 1. The highest BCUT2D eigenvalue weighted by atomic mass is 35.5. The number of aromatic nitrogens is 2. The first-order valence-corrected chi connectivity index (χ1v) is 14.5. The number of benzene rings is 4. The molecule has 5 rings (SSSR count). The molecule has 0 aliphatic carbocycles. The van der Waals surface area contributed by atoms with E-state index in [1.54, 1.807) is 43.3 Å². The third kappa shape index (κ3) is 5.24. The number of sulfonamides is 1. The number of halogens is 1. The van der Waals surface area contributed by atoms with Crippen molar-refractivity contribution in [1.29, 1.82) is 0 Å². The maximum Gasteiger partial charge on any atom is 0.264 e. The number of nitrogens with one attached hydrogen (secondary N) is 2. The van der Waals surface area contributed by atoms with Gasteiger partial charge in [0.2, 0.25) is 0 Å². The van der Waals surface area contributed by atoms with E-state index in [4.69, 9.17) is 11.6 Å². The van der Waals surface area contributed by atoms with Crippen molar-refractivity contribution in [3.8, 4) is 0 Å². The summed E-state index contributed by atoms with van der Waals surface area (Å²) >= 11 is 7.09. The first kappa shape index (κ1) is 26.8. The predicted octanol–water partition coefficient (Wildman–Crippen LogP) is 5.20. The molecule has 0 aliphatic heterocycles. The molecule has 0 saturated carbocycles. The predicted molar refractivity (Wildman–Crippen MR) is 152 cm³/mol. The Balaban J connectivity index is 1.49. The molecule has 0 radical (unpaired) electrons. The zero-order valence-electron chi connectivity index (χ0n) is 20.6. The van der Waals surface area contributed by atoms with Crippen molar-refractivity contribution in [2.75, 3.05) is 4.72 Å². The molecule has 11 heteroatoms. The number of anilines is 1. The molecule has 3 N–H and O–H groups in total. The lowest BCUT2D eigenvalue weighted by molar-refractivity contribution is 0.0405. The van der Waals surface area contributed by atoms with Crippen molar-refractivity contribution in [1.82, 2.24) is 14.1 Å². The minimum atomic E-state index is -4.16. The molecule has 0 fully saturated rings. The van der Waals surface area contributed by atoms with E-state index in [2.05, 4.69) is 18.8 Å². The molecular weight excluding hydrogens is 556 g/mol. The standard InChI is InChI=1S/C28H23ClN4O4S2/c1-18(28(35,19-9-4-2-5-10-19)20-11-6-3-7-12-20)30-27(34)22-16-15-21(29)17-24(22)33-39(36,37)25-14-8-13-23-26(25)32-38-31-23/h2-18,33,35H,1H3,(H,30,34)/t18-/m0/s1. The maximum atomic E-state index is 13.6. The van der Waals surface area contributed by atoms with Crippen molar-refractivity contribution in [3.63, 3.8) is 0 Å².